The van der Waals surface area contributed by atoms with E-state index < -0.39 is 24.2 Å². The second-order valence-electron chi connectivity index (χ2n) is 13.5. The van der Waals surface area contributed by atoms with Crippen molar-refractivity contribution in [2.45, 2.75) is 116 Å². The van der Waals surface area contributed by atoms with Crippen LogP contribution in [-0.2, 0) is 23.7 Å². The molecule has 2 heterocycles. The molecule has 2 aliphatic heterocycles. The van der Waals surface area contributed by atoms with Gasteiger partial charge in [-0.2, -0.15) is 0 Å². The highest BCUT2D eigenvalue weighted by Gasteiger charge is 2.52. The summed E-state index contributed by atoms with van der Waals surface area (Å²) in [5, 5.41) is 3.34. The highest BCUT2D eigenvalue weighted by Crippen LogP contribution is 2.39. The molecule has 2 saturated heterocycles. The van der Waals surface area contributed by atoms with Gasteiger partial charge in [0.1, 0.15) is 5.60 Å². The fourth-order valence-electron chi connectivity index (χ4n) is 7.33. The van der Waals surface area contributed by atoms with Crippen molar-refractivity contribution in [3.63, 3.8) is 0 Å². The van der Waals surface area contributed by atoms with Crippen LogP contribution in [0.1, 0.15) is 65.2 Å². The van der Waals surface area contributed by atoms with Gasteiger partial charge in [0.05, 0.1) is 42.6 Å². The number of hydrogen-bond donors (Lipinski definition) is 4. The SMILES string of the molecule is CN[C@H]1[C@@H](C)C(OC2[C@H](N)CC(N)[C@@H](O[C@H]3OC(C(C)C)[C@@H](C)[C@H](C)C3N)[C@@H]2C)OCC1(C)OC(=O)c1ccccc1. The third kappa shape index (κ3) is 6.71. The Kier molecular flexibility index (Phi) is 10.7. The summed E-state index contributed by atoms with van der Waals surface area (Å²) in [4.78, 5) is 12.9. The average Bonchev–Trinajstić information content (AvgIpc) is 2.94. The van der Waals surface area contributed by atoms with Gasteiger partial charge in [-0.25, -0.2) is 4.79 Å². The largest absolute Gasteiger partial charge is 0.452 e. The fraction of sp³-hybridized carbons (Fsp3) is 0.781. The Balaban J connectivity index is 1.45. The average molecular weight is 591 g/mol. The van der Waals surface area contributed by atoms with Gasteiger partial charge in [0.25, 0.3) is 0 Å². The van der Waals surface area contributed by atoms with E-state index in [9.17, 15) is 4.79 Å². The van der Waals surface area contributed by atoms with Gasteiger partial charge in [0.2, 0.25) is 0 Å². The summed E-state index contributed by atoms with van der Waals surface area (Å²) in [6, 6.07) is 7.90. The maximum Gasteiger partial charge on any atom is 0.338 e. The molecule has 3 aliphatic rings. The smallest absolute Gasteiger partial charge is 0.338 e. The van der Waals surface area contributed by atoms with Gasteiger partial charge in [-0.15, -0.1) is 0 Å². The predicted octanol–water partition coefficient (Wildman–Crippen LogP) is 2.63. The zero-order valence-corrected chi connectivity index (χ0v) is 26.6. The van der Waals surface area contributed by atoms with E-state index in [1.54, 1.807) is 12.1 Å². The normalized spacial score (nSPS) is 44.6. The molecule has 1 aliphatic carbocycles. The number of esters is 1. The minimum Gasteiger partial charge on any atom is -0.452 e. The molecule has 10 nitrogen and oxygen atoms in total. The van der Waals surface area contributed by atoms with Crippen LogP contribution in [0.4, 0.5) is 0 Å². The van der Waals surface area contributed by atoms with E-state index in [0.717, 1.165) is 0 Å². The molecule has 7 N–H and O–H groups in total. The Labute approximate surface area is 251 Å². The van der Waals surface area contributed by atoms with Crippen LogP contribution in [0.5, 0.6) is 0 Å². The Hall–Kier alpha value is -1.63. The van der Waals surface area contributed by atoms with E-state index in [0.29, 0.717) is 23.8 Å². The third-order valence-corrected chi connectivity index (χ3v) is 10.0. The molecule has 4 rings (SSSR count). The van der Waals surface area contributed by atoms with E-state index in [1.807, 2.05) is 39.1 Å². The summed E-state index contributed by atoms with van der Waals surface area (Å²) in [7, 11) is 1.86. The van der Waals surface area contributed by atoms with Gasteiger partial charge >= 0.3 is 5.97 Å². The van der Waals surface area contributed by atoms with E-state index >= 15 is 0 Å². The number of hydrogen-bond acceptors (Lipinski definition) is 10. The summed E-state index contributed by atoms with van der Waals surface area (Å²) < 4.78 is 32.0. The highest BCUT2D eigenvalue weighted by molar-refractivity contribution is 5.89. The Morgan fingerprint density at radius 3 is 2.10 bits per heavy atom. The molecule has 0 radical (unpaired) electrons. The molecule has 0 bridgehead atoms. The van der Waals surface area contributed by atoms with E-state index in [-0.39, 0.29) is 66.8 Å². The van der Waals surface area contributed by atoms with Gasteiger partial charge in [0, 0.05) is 23.9 Å². The summed E-state index contributed by atoms with van der Waals surface area (Å²) >= 11 is 0. The lowest BCUT2D eigenvalue weighted by Gasteiger charge is -2.51. The molecule has 6 unspecified atom stereocenters. The fourth-order valence-corrected chi connectivity index (χ4v) is 7.33. The summed E-state index contributed by atoms with van der Waals surface area (Å²) in [6.45, 7) is 14.8. The van der Waals surface area contributed by atoms with Crippen LogP contribution < -0.4 is 22.5 Å². The van der Waals surface area contributed by atoms with Crippen LogP contribution >= 0.6 is 0 Å². The first-order valence-electron chi connectivity index (χ1n) is 15.6. The van der Waals surface area contributed by atoms with Crippen LogP contribution in [0.2, 0.25) is 0 Å². The quantitative estimate of drug-likeness (QED) is 0.332. The summed E-state index contributed by atoms with van der Waals surface area (Å²) in [5.41, 5.74) is 19.5. The molecule has 1 aromatic rings. The van der Waals surface area contributed by atoms with Crippen LogP contribution in [0, 0.1) is 29.6 Å². The van der Waals surface area contributed by atoms with Crippen molar-refractivity contribution in [2.24, 2.45) is 46.8 Å². The first kappa shape index (κ1) is 33.3. The number of carbonyl (C=O) groups is 1. The van der Waals surface area contributed by atoms with Gasteiger partial charge in [0.15, 0.2) is 12.6 Å². The number of nitrogens with one attached hydrogen (secondary N) is 1. The zero-order valence-electron chi connectivity index (χ0n) is 26.6. The number of benzene rings is 1. The van der Waals surface area contributed by atoms with Crippen LogP contribution in [-0.4, -0.2) is 80.3 Å². The summed E-state index contributed by atoms with van der Waals surface area (Å²) in [5.74, 6) is 0.212. The lowest BCUT2D eigenvalue weighted by molar-refractivity contribution is -0.294. The van der Waals surface area contributed by atoms with E-state index in [2.05, 4.69) is 39.9 Å². The zero-order chi connectivity index (χ0) is 30.9. The molecule has 1 saturated carbocycles. The molecule has 0 aromatic heterocycles. The lowest BCUT2D eigenvalue weighted by atomic mass is 9.77. The summed E-state index contributed by atoms with van der Waals surface area (Å²) in [6.07, 6.45) is -1.27. The minimum absolute atomic E-state index is 0.0505. The van der Waals surface area contributed by atoms with Crippen molar-refractivity contribution in [1.82, 2.24) is 5.32 Å². The van der Waals surface area contributed by atoms with Gasteiger partial charge < -0.3 is 46.2 Å². The Morgan fingerprint density at radius 1 is 0.929 bits per heavy atom. The molecule has 42 heavy (non-hydrogen) atoms. The van der Waals surface area contributed by atoms with E-state index in [4.69, 9.17) is 40.9 Å². The molecule has 0 amide bonds. The second kappa shape index (κ2) is 13.6. The topological polar surface area (TPSA) is 153 Å². The van der Waals surface area contributed by atoms with Crippen molar-refractivity contribution in [3.05, 3.63) is 35.9 Å². The highest BCUT2D eigenvalue weighted by atomic mass is 16.7. The molecule has 1 aromatic carbocycles. The third-order valence-electron chi connectivity index (χ3n) is 10.0. The first-order chi connectivity index (χ1) is 19.8. The maximum absolute atomic E-state index is 12.9. The molecular formula is C32H54N4O6. The van der Waals surface area contributed by atoms with Crippen molar-refractivity contribution in [2.75, 3.05) is 13.7 Å². The predicted molar refractivity (Wildman–Crippen MR) is 161 cm³/mol. The van der Waals surface area contributed by atoms with Crippen LogP contribution in [0.15, 0.2) is 30.3 Å². The maximum atomic E-state index is 12.9. The molecule has 14 atom stereocenters. The standard InChI is InChI=1S/C32H54N4O6/c1-16(2)25-18(4)17(3)24(35)31(39-25)41-27-19(5)26(22(33)14-23(27)34)40-30-20(6)28(36-8)32(7,15-38-30)42-29(37)21-12-10-9-11-13-21/h9-13,16-20,22-28,30-31,36H,14-15,33-35H2,1-8H3/t17-,18-,19+,20+,22+,23?,24?,25?,26?,27-,28-,30?,31+,32?/m0/s1. The minimum atomic E-state index is -0.898. The van der Waals surface area contributed by atoms with Gasteiger partial charge in [-0.1, -0.05) is 59.7 Å². The number of likely N-dealkylation sites (N-methyl/N-ethyl adjacent to an activating group) is 1. The molecular weight excluding hydrogens is 536 g/mol. The number of carbonyl (C=O) groups excluding carboxylic acids is 1. The van der Waals surface area contributed by atoms with Gasteiger partial charge in [-0.05, 0) is 50.3 Å². The first-order valence-corrected chi connectivity index (χ1v) is 15.6. The molecule has 238 valence electrons. The van der Waals surface area contributed by atoms with Crippen molar-refractivity contribution >= 4 is 5.97 Å². The van der Waals surface area contributed by atoms with Crippen LogP contribution in [0.3, 0.4) is 0 Å². The number of rotatable bonds is 8. The van der Waals surface area contributed by atoms with Gasteiger partial charge in [-0.3, -0.25) is 0 Å². The number of nitrogens with two attached hydrogens (primary N) is 3. The molecule has 10 heteroatoms. The van der Waals surface area contributed by atoms with Crippen molar-refractivity contribution in [1.29, 1.82) is 0 Å². The van der Waals surface area contributed by atoms with Crippen molar-refractivity contribution in [3.8, 4) is 0 Å². The Morgan fingerprint density at radius 2 is 1.52 bits per heavy atom. The Bertz CT molecular complexity index is 1030. The second-order valence-corrected chi connectivity index (χ2v) is 13.5. The molecule has 3 fully saturated rings. The van der Waals surface area contributed by atoms with Crippen LogP contribution in [0.25, 0.3) is 0 Å². The lowest BCUT2D eigenvalue weighted by Crippen LogP contribution is -2.66. The molecule has 0 spiro atoms. The number of ether oxygens (including phenoxy) is 5. The monoisotopic (exact) mass is 590 g/mol. The van der Waals surface area contributed by atoms with E-state index in [1.165, 1.54) is 0 Å². The van der Waals surface area contributed by atoms with Crippen molar-refractivity contribution < 1.29 is 28.5 Å².